The summed E-state index contributed by atoms with van der Waals surface area (Å²) in [6, 6.07) is 0. The van der Waals surface area contributed by atoms with E-state index in [4.69, 9.17) is 14.2 Å². The predicted octanol–water partition coefficient (Wildman–Crippen LogP) is 18.4. The number of carbonyl (C=O) groups excluding carboxylic acids is 3. The van der Waals surface area contributed by atoms with E-state index >= 15 is 0 Å². The Hall–Kier alpha value is -3.41. The first-order valence-electron chi connectivity index (χ1n) is 27.6. The molecule has 0 rings (SSSR count). The van der Waals surface area contributed by atoms with Gasteiger partial charge in [-0.15, -0.1) is 0 Å². The van der Waals surface area contributed by atoms with Crippen LogP contribution < -0.4 is 0 Å². The average molecular weight is 919 g/mol. The van der Waals surface area contributed by atoms with Gasteiger partial charge in [0, 0.05) is 19.3 Å². The Bertz CT molecular complexity index is 1290. The summed E-state index contributed by atoms with van der Waals surface area (Å²) in [5, 5.41) is 0. The fourth-order valence-electron chi connectivity index (χ4n) is 7.53. The summed E-state index contributed by atoms with van der Waals surface area (Å²) in [6.45, 7) is 6.47. The third-order valence-electron chi connectivity index (χ3n) is 11.7. The van der Waals surface area contributed by atoms with Gasteiger partial charge in [0.05, 0.1) is 0 Å². The molecule has 0 aromatic rings. The van der Waals surface area contributed by atoms with Gasteiger partial charge in [0.25, 0.3) is 0 Å². The molecule has 0 bridgehead atoms. The number of allylic oxidation sites excluding steroid dienone is 14. The fraction of sp³-hybridized carbons (Fsp3) is 0.717. The Labute approximate surface area is 407 Å². The molecule has 0 saturated heterocycles. The molecule has 0 aromatic carbocycles. The van der Waals surface area contributed by atoms with Crippen molar-refractivity contribution in [2.24, 2.45) is 0 Å². The summed E-state index contributed by atoms with van der Waals surface area (Å²) >= 11 is 0. The molecule has 378 valence electrons. The molecular formula is C60H102O6. The van der Waals surface area contributed by atoms with Gasteiger partial charge in [0.2, 0.25) is 0 Å². The zero-order valence-corrected chi connectivity index (χ0v) is 43.2. The van der Waals surface area contributed by atoms with Gasteiger partial charge in [-0.1, -0.05) is 241 Å². The summed E-state index contributed by atoms with van der Waals surface area (Å²) in [5.74, 6) is -0.973. The van der Waals surface area contributed by atoms with Crippen LogP contribution in [-0.2, 0) is 28.6 Å². The highest BCUT2D eigenvalue weighted by Gasteiger charge is 2.19. The SMILES string of the molecule is CC/C=C\C/C=C\C/C=C\C/C=C\C/C=C\CCCC(=O)OC(COC(=O)CCCCCCC/C=C\C=C/CCCCCCCCC)COC(=O)CCCCCCCCCCCCCCC. The molecule has 0 aliphatic rings. The maximum absolute atomic E-state index is 12.8. The van der Waals surface area contributed by atoms with Gasteiger partial charge in [-0.05, 0) is 83.5 Å². The molecule has 0 N–H and O–H groups in total. The van der Waals surface area contributed by atoms with E-state index in [1.54, 1.807) is 0 Å². The van der Waals surface area contributed by atoms with Crippen LogP contribution in [0.3, 0.4) is 0 Å². The zero-order chi connectivity index (χ0) is 47.9. The van der Waals surface area contributed by atoms with Gasteiger partial charge in [-0.2, -0.15) is 0 Å². The molecule has 6 nitrogen and oxygen atoms in total. The normalized spacial score (nSPS) is 12.7. The second-order valence-corrected chi connectivity index (χ2v) is 18.1. The summed E-state index contributed by atoms with van der Waals surface area (Å²) in [4.78, 5) is 38.1. The summed E-state index contributed by atoms with van der Waals surface area (Å²) < 4.78 is 16.8. The minimum Gasteiger partial charge on any atom is -0.462 e. The molecule has 0 aliphatic heterocycles. The second-order valence-electron chi connectivity index (χ2n) is 18.1. The van der Waals surface area contributed by atoms with E-state index in [0.717, 1.165) is 96.3 Å². The smallest absolute Gasteiger partial charge is 0.306 e. The molecule has 0 fully saturated rings. The first-order valence-corrected chi connectivity index (χ1v) is 27.6. The zero-order valence-electron chi connectivity index (χ0n) is 43.2. The number of rotatable bonds is 49. The minimum atomic E-state index is -0.811. The van der Waals surface area contributed by atoms with Gasteiger partial charge < -0.3 is 14.2 Å². The van der Waals surface area contributed by atoms with Crippen LogP contribution >= 0.6 is 0 Å². The number of hydrogen-bond acceptors (Lipinski definition) is 6. The number of hydrogen-bond donors (Lipinski definition) is 0. The lowest BCUT2D eigenvalue weighted by Crippen LogP contribution is -2.30. The Morgan fingerprint density at radius 1 is 0.333 bits per heavy atom. The van der Waals surface area contributed by atoms with E-state index < -0.39 is 6.10 Å². The summed E-state index contributed by atoms with van der Waals surface area (Å²) in [7, 11) is 0. The van der Waals surface area contributed by atoms with Crippen LogP contribution in [0, 0.1) is 0 Å². The highest BCUT2D eigenvalue weighted by molar-refractivity contribution is 5.71. The van der Waals surface area contributed by atoms with E-state index in [0.29, 0.717) is 19.3 Å². The molecule has 1 unspecified atom stereocenters. The maximum atomic E-state index is 12.8. The lowest BCUT2D eigenvalue weighted by molar-refractivity contribution is -0.167. The summed E-state index contributed by atoms with van der Waals surface area (Å²) in [5.41, 5.74) is 0. The monoisotopic (exact) mass is 919 g/mol. The first-order chi connectivity index (χ1) is 32.5. The first kappa shape index (κ1) is 62.6. The van der Waals surface area contributed by atoms with Gasteiger partial charge in [0.15, 0.2) is 6.10 Å². The van der Waals surface area contributed by atoms with Crippen LogP contribution in [0.2, 0.25) is 0 Å². The van der Waals surface area contributed by atoms with Crippen LogP contribution in [0.4, 0.5) is 0 Å². The summed E-state index contributed by atoms with van der Waals surface area (Å²) in [6.07, 6.45) is 70.0. The highest BCUT2D eigenvalue weighted by Crippen LogP contribution is 2.15. The van der Waals surface area contributed by atoms with E-state index in [1.165, 1.54) is 116 Å². The topological polar surface area (TPSA) is 78.9 Å². The van der Waals surface area contributed by atoms with Crippen LogP contribution in [0.25, 0.3) is 0 Å². The van der Waals surface area contributed by atoms with Crippen molar-refractivity contribution in [3.05, 3.63) is 85.1 Å². The standard InChI is InChI=1S/C60H102O6/c1-4-7-10-13-16-19-22-25-27-29-31-32-35-38-41-44-47-50-53-59(62)65-56-57(55-64-58(61)52-49-46-43-40-37-34-24-21-18-15-12-9-6-3)66-60(63)54-51-48-45-42-39-36-33-30-28-26-23-20-17-14-11-8-5-2/h8,11,17,20,26-29,31-33,36,42,45,57H,4-7,9-10,12-16,18-19,21-25,30,34-35,37-41,43-44,46-56H2,1-3H3/b11-8-,20-17-,28-26-,29-27-,32-31-,36-33-,45-42-. The quantitative estimate of drug-likeness (QED) is 0.0199. The molecule has 0 aromatic heterocycles. The Kier molecular flexibility index (Phi) is 51.4. The number of ether oxygens (including phenoxy) is 3. The Balaban J connectivity index is 4.49. The van der Waals surface area contributed by atoms with E-state index in [2.05, 4.69) is 106 Å². The van der Waals surface area contributed by atoms with Crippen LogP contribution in [0.15, 0.2) is 85.1 Å². The van der Waals surface area contributed by atoms with E-state index in [1.807, 2.05) is 0 Å². The molecule has 0 saturated carbocycles. The Morgan fingerprint density at radius 2 is 0.652 bits per heavy atom. The van der Waals surface area contributed by atoms with Crippen molar-refractivity contribution in [3.8, 4) is 0 Å². The molecule has 0 heterocycles. The minimum absolute atomic E-state index is 0.103. The van der Waals surface area contributed by atoms with Crippen molar-refractivity contribution in [1.82, 2.24) is 0 Å². The molecule has 6 heteroatoms. The predicted molar refractivity (Wildman–Crippen MR) is 284 cm³/mol. The second kappa shape index (κ2) is 54.2. The molecule has 0 radical (unpaired) electrons. The average Bonchev–Trinajstić information content (AvgIpc) is 3.31. The molecule has 0 amide bonds. The molecule has 0 spiro atoms. The van der Waals surface area contributed by atoms with Crippen molar-refractivity contribution < 1.29 is 28.6 Å². The number of unbranched alkanes of at least 4 members (excludes halogenated alkanes) is 25. The van der Waals surface area contributed by atoms with Crippen molar-refractivity contribution in [2.75, 3.05) is 13.2 Å². The largest absolute Gasteiger partial charge is 0.462 e. The lowest BCUT2D eigenvalue weighted by Gasteiger charge is -2.18. The van der Waals surface area contributed by atoms with Crippen LogP contribution in [0.1, 0.15) is 258 Å². The third kappa shape index (κ3) is 51.6. The maximum Gasteiger partial charge on any atom is 0.306 e. The van der Waals surface area contributed by atoms with Gasteiger partial charge in [-0.25, -0.2) is 0 Å². The van der Waals surface area contributed by atoms with Gasteiger partial charge >= 0.3 is 17.9 Å². The van der Waals surface area contributed by atoms with E-state index in [-0.39, 0.29) is 37.5 Å². The van der Waals surface area contributed by atoms with Crippen molar-refractivity contribution >= 4 is 17.9 Å². The third-order valence-corrected chi connectivity index (χ3v) is 11.7. The highest BCUT2D eigenvalue weighted by atomic mass is 16.6. The van der Waals surface area contributed by atoms with Crippen molar-refractivity contribution in [3.63, 3.8) is 0 Å². The van der Waals surface area contributed by atoms with Crippen molar-refractivity contribution in [2.45, 2.75) is 264 Å². The molecule has 0 aliphatic carbocycles. The fourth-order valence-corrected chi connectivity index (χ4v) is 7.53. The van der Waals surface area contributed by atoms with Crippen molar-refractivity contribution in [1.29, 1.82) is 0 Å². The van der Waals surface area contributed by atoms with Gasteiger partial charge in [-0.3, -0.25) is 14.4 Å². The number of esters is 3. The molecule has 1 atom stereocenters. The van der Waals surface area contributed by atoms with E-state index in [9.17, 15) is 14.4 Å². The molecular weight excluding hydrogens is 817 g/mol. The Morgan fingerprint density at radius 3 is 1.05 bits per heavy atom. The van der Waals surface area contributed by atoms with Gasteiger partial charge in [0.1, 0.15) is 13.2 Å². The molecule has 66 heavy (non-hydrogen) atoms. The van der Waals surface area contributed by atoms with Crippen LogP contribution in [0.5, 0.6) is 0 Å². The van der Waals surface area contributed by atoms with Crippen LogP contribution in [-0.4, -0.2) is 37.2 Å². The number of carbonyl (C=O) groups is 3. The lowest BCUT2D eigenvalue weighted by atomic mass is 10.0.